The van der Waals surface area contributed by atoms with E-state index in [0.29, 0.717) is 25.7 Å². The van der Waals surface area contributed by atoms with Crippen LogP contribution >= 0.6 is 15.6 Å². The van der Waals surface area contributed by atoms with E-state index in [1.54, 1.807) is 0 Å². The van der Waals surface area contributed by atoms with Crippen molar-refractivity contribution < 1.29 is 80.2 Å². The molecule has 0 saturated heterocycles. The van der Waals surface area contributed by atoms with E-state index < -0.39 is 97.5 Å². The molecule has 0 heterocycles. The number of hydrogen-bond donors (Lipinski definition) is 3. The average Bonchev–Trinajstić information content (AvgIpc) is 0.908. The van der Waals surface area contributed by atoms with Crippen molar-refractivity contribution in [2.45, 2.75) is 490 Å². The van der Waals surface area contributed by atoms with Crippen molar-refractivity contribution in [2.24, 2.45) is 11.8 Å². The van der Waals surface area contributed by atoms with Gasteiger partial charge in [0, 0.05) is 25.7 Å². The Balaban J connectivity index is 5.20. The summed E-state index contributed by atoms with van der Waals surface area (Å²) in [6.45, 7) is 9.79. The van der Waals surface area contributed by atoms with Gasteiger partial charge in [0.15, 0.2) is 12.2 Å². The molecule has 7 atom stereocenters. The van der Waals surface area contributed by atoms with Crippen molar-refractivity contribution in [1.82, 2.24) is 0 Å². The molecular formula is C88H172O17P2. The van der Waals surface area contributed by atoms with Gasteiger partial charge in [-0.1, -0.05) is 420 Å². The first kappa shape index (κ1) is 105. The average molecular weight is 1560 g/mol. The highest BCUT2D eigenvalue weighted by molar-refractivity contribution is 7.47. The van der Waals surface area contributed by atoms with Crippen molar-refractivity contribution in [3.63, 3.8) is 0 Å². The monoisotopic (exact) mass is 1560 g/mol. The molecule has 636 valence electrons. The molecule has 0 aliphatic heterocycles. The molecule has 0 spiro atoms. The summed E-state index contributed by atoms with van der Waals surface area (Å²) in [5.74, 6) is -0.379. The zero-order valence-corrected chi connectivity index (χ0v) is 72.2. The van der Waals surface area contributed by atoms with Gasteiger partial charge in [-0.05, 0) is 37.5 Å². The summed E-state index contributed by atoms with van der Waals surface area (Å²) < 4.78 is 68.9. The van der Waals surface area contributed by atoms with Crippen LogP contribution in [0.3, 0.4) is 0 Å². The molecule has 0 bridgehead atoms. The first-order valence-corrected chi connectivity index (χ1v) is 48.6. The van der Waals surface area contributed by atoms with E-state index in [4.69, 9.17) is 37.0 Å². The second-order valence-electron chi connectivity index (χ2n) is 32.1. The quantitative estimate of drug-likeness (QED) is 0.0222. The molecule has 0 aromatic rings. The number of rotatable bonds is 87. The summed E-state index contributed by atoms with van der Waals surface area (Å²) in [7, 11) is -9.93. The van der Waals surface area contributed by atoms with Crippen molar-refractivity contribution in [1.29, 1.82) is 0 Å². The van der Waals surface area contributed by atoms with E-state index in [1.165, 1.54) is 289 Å². The fourth-order valence-corrected chi connectivity index (χ4v) is 15.3. The maximum atomic E-state index is 13.2. The molecule has 4 unspecified atom stereocenters. The number of carbonyl (C=O) groups is 4. The summed E-state index contributed by atoms with van der Waals surface area (Å²) in [5.41, 5.74) is 0. The van der Waals surface area contributed by atoms with Gasteiger partial charge in [-0.2, -0.15) is 0 Å². The number of aliphatic hydroxyl groups excluding tert-OH is 1. The van der Waals surface area contributed by atoms with Gasteiger partial charge in [0.2, 0.25) is 0 Å². The van der Waals surface area contributed by atoms with Crippen LogP contribution in [0.5, 0.6) is 0 Å². The lowest BCUT2D eigenvalue weighted by molar-refractivity contribution is -0.161. The second-order valence-corrected chi connectivity index (χ2v) is 35.0. The van der Waals surface area contributed by atoms with Gasteiger partial charge in [0.1, 0.15) is 19.3 Å². The molecule has 3 N–H and O–H groups in total. The van der Waals surface area contributed by atoms with Crippen LogP contribution in [0.15, 0.2) is 0 Å². The predicted octanol–water partition coefficient (Wildman–Crippen LogP) is 27.0. The topological polar surface area (TPSA) is 237 Å². The molecule has 0 radical (unpaired) electrons. The summed E-state index contributed by atoms with van der Waals surface area (Å²) in [5, 5.41) is 10.7. The maximum absolute atomic E-state index is 13.2. The lowest BCUT2D eigenvalue weighted by Crippen LogP contribution is -2.30. The van der Waals surface area contributed by atoms with Crippen LogP contribution in [0, 0.1) is 11.8 Å². The number of phosphoric ester groups is 2. The number of phosphoric acid groups is 2. The third-order valence-electron chi connectivity index (χ3n) is 21.4. The Morgan fingerprint density at radius 1 is 0.262 bits per heavy atom. The van der Waals surface area contributed by atoms with Crippen LogP contribution < -0.4 is 0 Å². The normalized spacial score (nSPS) is 14.3. The summed E-state index contributed by atoms with van der Waals surface area (Å²) in [6.07, 6.45) is 72.1. The summed E-state index contributed by atoms with van der Waals surface area (Å²) in [6, 6.07) is 0. The third kappa shape index (κ3) is 79.1. The minimum atomic E-state index is -4.97. The Morgan fingerprint density at radius 3 is 0.664 bits per heavy atom. The maximum Gasteiger partial charge on any atom is 0.472 e. The minimum absolute atomic E-state index is 0.109. The van der Waals surface area contributed by atoms with Gasteiger partial charge in [-0.25, -0.2) is 9.13 Å². The van der Waals surface area contributed by atoms with Crippen LogP contribution in [-0.4, -0.2) is 96.7 Å². The molecule has 17 nitrogen and oxygen atoms in total. The van der Waals surface area contributed by atoms with E-state index >= 15 is 0 Å². The molecule has 0 amide bonds. The zero-order valence-electron chi connectivity index (χ0n) is 70.5. The lowest BCUT2D eigenvalue weighted by Gasteiger charge is -2.21. The number of ether oxygens (including phenoxy) is 4. The number of aliphatic hydroxyl groups is 1. The highest BCUT2D eigenvalue weighted by Crippen LogP contribution is 2.45. The number of esters is 4. The van der Waals surface area contributed by atoms with Crippen LogP contribution in [0.25, 0.3) is 0 Å². The molecule has 0 aromatic heterocycles. The third-order valence-corrected chi connectivity index (χ3v) is 23.3. The lowest BCUT2D eigenvalue weighted by atomic mass is 9.99. The van der Waals surface area contributed by atoms with E-state index in [0.717, 1.165) is 102 Å². The first-order valence-electron chi connectivity index (χ1n) is 45.6. The highest BCUT2D eigenvalue weighted by Gasteiger charge is 2.31. The van der Waals surface area contributed by atoms with E-state index in [9.17, 15) is 43.2 Å². The predicted molar refractivity (Wildman–Crippen MR) is 442 cm³/mol. The van der Waals surface area contributed by atoms with Gasteiger partial charge < -0.3 is 33.8 Å². The van der Waals surface area contributed by atoms with E-state index in [1.807, 2.05) is 0 Å². The van der Waals surface area contributed by atoms with Gasteiger partial charge in [0.25, 0.3) is 0 Å². The molecule has 0 fully saturated rings. The Labute approximate surface area is 658 Å². The molecule has 0 aliphatic rings. The van der Waals surface area contributed by atoms with Crippen LogP contribution in [0.4, 0.5) is 0 Å². The highest BCUT2D eigenvalue weighted by atomic mass is 31.2. The molecule has 0 saturated carbocycles. The fourth-order valence-electron chi connectivity index (χ4n) is 13.7. The summed E-state index contributed by atoms with van der Waals surface area (Å²) >= 11 is 0. The Morgan fingerprint density at radius 2 is 0.449 bits per heavy atom. The van der Waals surface area contributed by atoms with Crippen LogP contribution in [0.1, 0.15) is 472 Å². The van der Waals surface area contributed by atoms with Gasteiger partial charge in [-0.3, -0.25) is 37.3 Å². The van der Waals surface area contributed by atoms with Gasteiger partial charge in [-0.15, -0.1) is 0 Å². The van der Waals surface area contributed by atoms with Crippen LogP contribution in [-0.2, 0) is 65.4 Å². The number of hydrogen-bond acceptors (Lipinski definition) is 15. The Kier molecular flexibility index (Phi) is 77.9. The second kappa shape index (κ2) is 79.3. The van der Waals surface area contributed by atoms with Gasteiger partial charge in [0.05, 0.1) is 26.4 Å². The Bertz CT molecular complexity index is 2050. The largest absolute Gasteiger partial charge is 0.472 e. The molecule has 0 rings (SSSR count). The van der Waals surface area contributed by atoms with Crippen molar-refractivity contribution in [3.8, 4) is 0 Å². The SMILES string of the molecule is CCCCCCCCCCCCCCCCCCCCC(=O)O[C@H](COC(=O)CCCCCCCCCCC)COP(=O)(O)OC[C@H](O)COP(=O)(O)OC[C@@H](COC(=O)CCCCCCCCCCCCCCCCC(C)CC)OC(=O)CCCCCCCCCCCCCCCCCCCCC(C)CC. The van der Waals surface area contributed by atoms with Crippen molar-refractivity contribution in [2.75, 3.05) is 39.6 Å². The molecule has 0 aliphatic carbocycles. The number of unbranched alkanes of at least 4 members (excludes halogenated alkanes) is 55. The van der Waals surface area contributed by atoms with Gasteiger partial charge >= 0.3 is 39.5 Å². The number of carbonyl (C=O) groups excluding carboxylic acids is 4. The van der Waals surface area contributed by atoms with Crippen molar-refractivity contribution in [3.05, 3.63) is 0 Å². The van der Waals surface area contributed by atoms with Crippen LogP contribution in [0.2, 0.25) is 0 Å². The molecule has 0 aromatic carbocycles. The molecule has 107 heavy (non-hydrogen) atoms. The van der Waals surface area contributed by atoms with Crippen molar-refractivity contribution >= 4 is 39.5 Å². The fraction of sp³-hybridized carbons (Fsp3) is 0.955. The molecular weight excluding hydrogens is 1390 g/mol. The first-order chi connectivity index (χ1) is 51.9. The molecule has 19 heteroatoms. The zero-order chi connectivity index (χ0) is 78.5. The standard InChI is InChI=1S/C88H172O17P2/c1-7-11-13-15-17-19-20-21-22-23-27-30-37-42-48-54-60-66-72-87(92)104-83(76-98-85(90)70-64-58-52-44-18-16-14-12-8-2)78-102-106(94,95)100-74-82(89)75-101-107(96,97)103-79-84(77-99-86(91)71-65-59-53-47-41-36-33-32-35-40-46-51-57-63-69-81(6)10-4)105-88(93)73-67-61-55-49-43-38-31-28-25-24-26-29-34-39-45-50-56-62-68-80(5)9-3/h80-84,89H,7-79H2,1-6H3,(H,94,95)(H,96,97)/t80?,81?,82-,83+,84+/m0/s1. The Hall–Kier alpha value is -1.94. The van der Waals surface area contributed by atoms with E-state index in [2.05, 4.69) is 41.5 Å². The minimum Gasteiger partial charge on any atom is -0.462 e. The van der Waals surface area contributed by atoms with E-state index in [-0.39, 0.29) is 25.7 Å². The smallest absolute Gasteiger partial charge is 0.462 e. The summed E-state index contributed by atoms with van der Waals surface area (Å²) in [4.78, 5) is 73.2.